The van der Waals surface area contributed by atoms with E-state index in [0.29, 0.717) is 0 Å². The molecule has 0 spiro atoms. The predicted octanol–water partition coefficient (Wildman–Crippen LogP) is 3.77. The number of aryl methyl sites for hydroxylation is 1. The lowest BCUT2D eigenvalue weighted by molar-refractivity contribution is 0.0949. The molecule has 1 fully saturated rings. The van der Waals surface area contributed by atoms with Crippen LogP contribution in [0.15, 0.2) is 48.5 Å². The van der Waals surface area contributed by atoms with E-state index >= 15 is 0 Å². The number of nitrogens with one attached hydrogen (secondary N) is 1. The summed E-state index contributed by atoms with van der Waals surface area (Å²) in [6.07, 6.45) is 2.31. The molecule has 3 rings (SSSR count). The van der Waals surface area contributed by atoms with Gasteiger partial charge in [0.05, 0.1) is 0 Å². The Bertz CT molecular complexity index is 657. The van der Waals surface area contributed by atoms with Crippen molar-refractivity contribution < 1.29 is 4.79 Å². The fraction of sp³-hybridized carbons (Fsp3) is 0.316. The lowest BCUT2D eigenvalue weighted by atomic mass is 9.95. The van der Waals surface area contributed by atoms with Crippen LogP contribution < -0.4 is 5.32 Å². The van der Waals surface area contributed by atoms with Gasteiger partial charge in [0.1, 0.15) is 0 Å². The van der Waals surface area contributed by atoms with Crippen molar-refractivity contribution in [3.63, 3.8) is 0 Å². The van der Waals surface area contributed by atoms with Crippen LogP contribution in [0, 0.1) is 13.8 Å². The summed E-state index contributed by atoms with van der Waals surface area (Å²) < 4.78 is 0. The highest BCUT2D eigenvalue weighted by atomic mass is 16.1. The second kappa shape index (κ2) is 5.36. The van der Waals surface area contributed by atoms with E-state index in [1.165, 1.54) is 5.56 Å². The van der Waals surface area contributed by atoms with E-state index in [-0.39, 0.29) is 11.3 Å². The Morgan fingerprint density at radius 2 is 1.76 bits per heavy atom. The highest BCUT2D eigenvalue weighted by Crippen LogP contribution is 2.47. The molecule has 0 aromatic heterocycles. The minimum Gasteiger partial charge on any atom is -0.351 e. The fourth-order valence-electron chi connectivity index (χ4n) is 2.85. The second-order valence-corrected chi connectivity index (χ2v) is 6.08. The minimum atomic E-state index is 0.0402. The molecule has 1 aliphatic carbocycles. The Morgan fingerprint density at radius 3 is 2.43 bits per heavy atom. The Labute approximate surface area is 126 Å². The Balaban J connectivity index is 1.71. The summed E-state index contributed by atoms with van der Waals surface area (Å²) in [5.74, 6) is 0.0402. The molecule has 2 nitrogen and oxygen atoms in total. The molecule has 1 saturated carbocycles. The van der Waals surface area contributed by atoms with Crippen LogP contribution in [0.3, 0.4) is 0 Å². The van der Waals surface area contributed by atoms with Gasteiger partial charge in [0.15, 0.2) is 0 Å². The highest BCUT2D eigenvalue weighted by molar-refractivity contribution is 5.96. The highest BCUT2D eigenvalue weighted by Gasteiger charge is 2.44. The Kier molecular flexibility index (Phi) is 3.54. The molecule has 0 radical (unpaired) electrons. The average molecular weight is 279 g/mol. The summed E-state index contributed by atoms with van der Waals surface area (Å²) in [4.78, 5) is 12.4. The van der Waals surface area contributed by atoms with Crippen LogP contribution in [-0.4, -0.2) is 12.5 Å². The molecule has 2 heteroatoms. The van der Waals surface area contributed by atoms with Crippen LogP contribution in [0.1, 0.15) is 39.9 Å². The SMILES string of the molecule is Cc1cccc(C(=O)NCC2(c3ccccc3)CC2)c1C. The van der Waals surface area contributed by atoms with Gasteiger partial charge in [-0.1, -0.05) is 42.5 Å². The third-order valence-corrected chi connectivity index (χ3v) is 4.68. The van der Waals surface area contributed by atoms with Gasteiger partial charge in [0.25, 0.3) is 5.91 Å². The normalized spacial score (nSPS) is 15.5. The monoisotopic (exact) mass is 279 g/mol. The van der Waals surface area contributed by atoms with Crippen molar-refractivity contribution in [1.82, 2.24) is 5.32 Å². The van der Waals surface area contributed by atoms with Crippen LogP contribution in [0.25, 0.3) is 0 Å². The molecule has 108 valence electrons. The molecule has 0 unspecified atom stereocenters. The van der Waals surface area contributed by atoms with Crippen molar-refractivity contribution in [3.8, 4) is 0 Å². The topological polar surface area (TPSA) is 29.1 Å². The number of benzene rings is 2. The van der Waals surface area contributed by atoms with E-state index in [0.717, 1.165) is 36.1 Å². The quantitative estimate of drug-likeness (QED) is 0.907. The van der Waals surface area contributed by atoms with Gasteiger partial charge >= 0.3 is 0 Å². The summed E-state index contributed by atoms with van der Waals surface area (Å²) in [7, 11) is 0. The lowest BCUT2D eigenvalue weighted by Crippen LogP contribution is -2.32. The minimum absolute atomic E-state index is 0.0402. The first-order valence-corrected chi connectivity index (χ1v) is 7.52. The van der Waals surface area contributed by atoms with Crippen LogP contribution in [0.5, 0.6) is 0 Å². The average Bonchev–Trinajstić information content (AvgIpc) is 3.30. The van der Waals surface area contributed by atoms with Gasteiger partial charge in [-0.25, -0.2) is 0 Å². The maximum absolute atomic E-state index is 12.4. The number of hydrogen-bond acceptors (Lipinski definition) is 1. The van der Waals surface area contributed by atoms with E-state index in [9.17, 15) is 4.79 Å². The summed E-state index contributed by atoms with van der Waals surface area (Å²) >= 11 is 0. The molecule has 0 bridgehead atoms. The van der Waals surface area contributed by atoms with Crippen molar-refractivity contribution in [3.05, 3.63) is 70.8 Å². The van der Waals surface area contributed by atoms with Crippen LogP contribution in [0.4, 0.5) is 0 Å². The zero-order valence-corrected chi connectivity index (χ0v) is 12.6. The number of amides is 1. The van der Waals surface area contributed by atoms with Gasteiger partial charge in [-0.2, -0.15) is 0 Å². The molecule has 1 aliphatic rings. The molecule has 0 saturated heterocycles. The van der Waals surface area contributed by atoms with E-state index in [4.69, 9.17) is 0 Å². The Hall–Kier alpha value is -2.09. The molecule has 0 aliphatic heterocycles. The van der Waals surface area contributed by atoms with E-state index in [1.807, 2.05) is 38.1 Å². The molecule has 0 atom stereocenters. The van der Waals surface area contributed by atoms with Gasteiger partial charge < -0.3 is 5.32 Å². The van der Waals surface area contributed by atoms with Gasteiger partial charge in [0, 0.05) is 17.5 Å². The first kappa shape index (κ1) is 13.9. The number of rotatable bonds is 4. The van der Waals surface area contributed by atoms with Crippen LogP contribution in [-0.2, 0) is 5.41 Å². The summed E-state index contributed by atoms with van der Waals surface area (Å²) in [6, 6.07) is 16.4. The summed E-state index contributed by atoms with van der Waals surface area (Å²) in [6.45, 7) is 4.77. The predicted molar refractivity (Wildman–Crippen MR) is 85.6 cm³/mol. The standard InChI is InChI=1S/C19H21NO/c1-14-7-6-10-17(15(14)2)18(21)20-13-19(11-12-19)16-8-4-3-5-9-16/h3-10H,11-13H2,1-2H3,(H,20,21). The zero-order valence-electron chi connectivity index (χ0n) is 12.6. The summed E-state index contributed by atoms with van der Waals surface area (Å²) in [5, 5.41) is 3.13. The van der Waals surface area contributed by atoms with Crippen molar-refractivity contribution in [2.75, 3.05) is 6.54 Å². The van der Waals surface area contributed by atoms with Crippen LogP contribution in [0.2, 0.25) is 0 Å². The van der Waals surface area contributed by atoms with Crippen LogP contribution >= 0.6 is 0 Å². The van der Waals surface area contributed by atoms with E-state index in [2.05, 4.69) is 29.6 Å². The smallest absolute Gasteiger partial charge is 0.251 e. The second-order valence-electron chi connectivity index (χ2n) is 6.08. The molecular formula is C19H21NO. The van der Waals surface area contributed by atoms with Gasteiger partial charge in [0.2, 0.25) is 0 Å². The van der Waals surface area contributed by atoms with E-state index < -0.39 is 0 Å². The van der Waals surface area contributed by atoms with Crippen molar-refractivity contribution >= 4 is 5.91 Å². The van der Waals surface area contributed by atoms with Gasteiger partial charge in [-0.05, 0) is 49.4 Å². The third-order valence-electron chi connectivity index (χ3n) is 4.68. The number of carbonyl (C=O) groups excluding carboxylic acids is 1. The van der Waals surface area contributed by atoms with Crippen molar-refractivity contribution in [2.24, 2.45) is 0 Å². The first-order chi connectivity index (χ1) is 10.1. The number of carbonyl (C=O) groups is 1. The van der Waals surface area contributed by atoms with Crippen molar-refractivity contribution in [2.45, 2.75) is 32.1 Å². The molecular weight excluding hydrogens is 258 g/mol. The molecule has 0 heterocycles. The number of hydrogen-bond donors (Lipinski definition) is 1. The maximum Gasteiger partial charge on any atom is 0.251 e. The summed E-state index contributed by atoms with van der Waals surface area (Å²) in [5.41, 5.74) is 4.52. The molecule has 21 heavy (non-hydrogen) atoms. The zero-order chi connectivity index (χ0) is 14.9. The maximum atomic E-state index is 12.4. The molecule has 1 amide bonds. The fourth-order valence-corrected chi connectivity index (χ4v) is 2.85. The molecule has 2 aromatic rings. The molecule has 1 N–H and O–H groups in total. The Morgan fingerprint density at radius 1 is 1.05 bits per heavy atom. The third kappa shape index (κ3) is 2.71. The lowest BCUT2D eigenvalue weighted by Gasteiger charge is -2.17. The van der Waals surface area contributed by atoms with Gasteiger partial charge in [-0.15, -0.1) is 0 Å². The first-order valence-electron chi connectivity index (χ1n) is 7.52. The van der Waals surface area contributed by atoms with Crippen molar-refractivity contribution in [1.29, 1.82) is 0 Å². The molecule has 2 aromatic carbocycles. The van der Waals surface area contributed by atoms with E-state index in [1.54, 1.807) is 0 Å². The van der Waals surface area contributed by atoms with Gasteiger partial charge in [-0.3, -0.25) is 4.79 Å². The largest absolute Gasteiger partial charge is 0.351 e.